The third kappa shape index (κ3) is 6.75. The molecule has 0 unspecified atom stereocenters. The molecule has 1 heterocycles. The maximum Gasteiger partial charge on any atom is 0.0270 e. The van der Waals surface area contributed by atoms with Crippen molar-refractivity contribution >= 4 is 0 Å². The molecule has 0 radical (unpaired) electrons. The molecular formula is C16H28N2. The molecule has 1 aromatic rings. The number of hydrogen-bond donors (Lipinski definition) is 0. The van der Waals surface area contributed by atoms with E-state index in [1.54, 1.807) is 0 Å². The summed E-state index contributed by atoms with van der Waals surface area (Å²) in [6.45, 7) is 8.22. The Morgan fingerprint density at radius 1 is 0.889 bits per heavy atom. The van der Waals surface area contributed by atoms with Crippen molar-refractivity contribution in [3.05, 3.63) is 30.1 Å². The van der Waals surface area contributed by atoms with E-state index >= 15 is 0 Å². The van der Waals surface area contributed by atoms with E-state index in [0.29, 0.717) is 0 Å². The highest BCUT2D eigenvalue weighted by Gasteiger charge is 2.03. The zero-order chi connectivity index (χ0) is 13.1. The van der Waals surface area contributed by atoms with Crippen LogP contribution in [0.2, 0.25) is 0 Å². The lowest BCUT2D eigenvalue weighted by Gasteiger charge is -2.21. The van der Waals surface area contributed by atoms with Crippen LogP contribution in [-0.4, -0.2) is 29.5 Å². The van der Waals surface area contributed by atoms with Crippen LogP contribution in [0.4, 0.5) is 0 Å². The molecule has 0 saturated carbocycles. The minimum atomic E-state index is 1.15. The van der Waals surface area contributed by atoms with E-state index in [-0.39, 0.29) is 0 Å². The van der Waals surface area contributed by atoms with Crippen molar-refractivity contribution in [3.8, 4) is 0 Å². The topological polar surface area (TPSA) is 16.1 Å². The molecule has 2 nitrogen and oxygen atoms in total. The zero-order valence-electron chi connectivity index (χ0n) is 12.1. The van der Waals surface area contributed by atoms with Gasteiger partial charge >= 0.3 is 0 Å². The SMILES string of the molecule is CCCCCCN(CCC)CCc1ccncc1. The van der Waals surface area contributed by atoms with Crippen molar-refractivity contribution in [2.75, 3.05) is 19.6 Å². The molecule has 0 aliphatic carbocycles. The number of rotatable bonds is 10. The van der Waals surface area contributed by atoms with Crippen molar-refractivity contribution in [2.45, 2.75) is 52.4 Å². The number of nitrogens with zero attached hydrogens (tertiary/aromatic N) is 2. The summed E-state index contributed by atoms with van der Waals surface area (Å²) >= 11 is 0. The summed E-state index contributed by atoms with van der Waals surface area (Å²) in [4.78, 5) is 6.67. The highest BCUT2D eigenvalue weighted by atomic mass is 15.1. The van der Waals surface area contributed by atoms with Crippen LogP contribution in [-0.2, 0) is 6.42 Å². The molecular weight excluding hydrogens is 220 g/mol. The number of aromatic nitrogens is 1. The number of unbranched alkanes of at least 4 members (excludes halogenated alkanes) is 3. The van der Waals surface area contributed by atoms with Gasteiger partial charge in [0.2, 0.25) is 0 Å². The molecule has 0 fully saturated rings. The molecule has 0 aliphatic rings. The van der Waals surface area contributed by atoms with Gasteiger partial charge in [0, 0.05) is 18.9 Å². The smallest absolute Gasteiger partial charge is 0.0270 e. The molecule has 18 heavy (non-hydrogen) atoms. The molecule has 0 atom stereocenters. The quantitative estimate of drug-likeness (QED) is 0.583. The van der Waals surface area contributed by atoms with E-state index in [9.17, 15) is 0 Å². The Balaban J connectivity index is 2.24. The molecule has 0 amide bonds. The van der Waals surface area contributed by atoms with Gasteiger partial charge in [0.25, 0.3) is 0 Å². The molecule has 0 bridgehead atoms. The first kappa shape index (κ1) is 15.2. The van der Waals surface area contributed by atoms with Gasteiger partial charge in [-0.3, -0.25) is 4.98 Å². The van der Waals surface area contributed by atoms with Crippen molar-refractivity contribution < 1.29 is 0 Å². The second-order valence-electron chi connectivity index (χ2n) is 5.01. The summed E-state index contributed by atoms with van der Waals surface area (Å²) < 4.78 is 0. The second-order valence-corrected chi connectivity index (χ2v) is 5.01. The van der Waals surface area contributed by atoms with Gasteiger partial charge < -0.3 is 4.90 Å². The predicted molar refractivity (Wildman–Crippen MR) is 78.8 cm³/mol. The summed E-state index contributed by atoms with van der Waals surface area (Å²) in [7, 11) is 0. The molecule has 102 valence electrons. The van der Waals surface area contributed by atoms with E-state index in [0.717, 1.165) is 6.42 Å². The maximum atomic E-state index is 4.07. The Labute approximate surface area is 112 Å². The summed E-state index contributed by atoms with van der Waals surface area (Å²) in [5.74, 6) is 0. The van der Waals surface area contributed by atoms with Crippen LogP contribution in [0.3, 0.4) is 0 Å². The van der Waals surface area contributed by atoms with Gasteiger partial charge in [-0.15, -0.1) is 0 Å². The Morgan fingerprint density at radius 3 is 2.33 bits per heavy atom. The van der Waals surface area contributed by atoms with Crippen LogP contribution < -0.4 is 0 Å². The lowest BCUT2D eigenvalue weighted by atomic mass is 10.1. The van der Waals surface area contributed by atoms with Gasteiger partial charge in [-0.2, -0.15) is 0 Å². The average Bonchev–Trinajstić information content (AvgIpc) is 2.42. The van der Waals surface area contributed by atoms with Gasteiger partial charge in [-0.25, -0.2) is 0 Å². The van der Waals surface area contributed by atoms with Gasteiger partial charge in [-0.05, 0) is 50.0 Å². The third-order valence-electron chi connectivity index (χ3n) is 3.33. The van der Waals surface area contributed by atoms with Crippen molar-refractivity contribution in [1.29, 1.82) is 0 Å². The zero-order valence-corrected chi connectivity index (χ0v) is 12.1. The molecule has 0 N–H and O–H groups in total. The Hall–Kier alpha value is -0.890. The Morgan fingerprint density at radius 2 is 1.67 bits per heavy atom. The van der Waals surface area contributed by atoms with Gasteiger partial charge in [0.15, 0.2) is 0 Å². The van der Waals surface area contributed by atoms with Crippen LogP contribution in [0.1, 0.15) is 51.5 Å². The van der Waals surface area contributed by atoms with Crippen LogP contribution in [0.15, 0.2) is 24.5 Å². The van der Waals surface area contributed by atoms with E-state index in [4.69, 9.17) is 0 Å². The Bertz CT molecular complexity index is 284. The largest absolute Gasteiger partial charge is 0.303 e. The molecule has 2 heteroatoms. The first-order chi connectivity index (χ1) is 8.86. The van der Waals surface area contributed by atoms with E-state index in [1.165, 1.54) is 57.3 Å². The first-order valence-electron chi connectivity index (χ1n) is 7.48. The fourth-order valence-corrected chi connectivity index (χ4v) is 2.25. The predicted octanol–water partition coefficient (Wildman–Crippen LogP) is 3.92. The second kappa shape index (κ2) is 10.1. The standard InChI is InChI=1S/C16H28N2/c1-3-5-6-7-14-18(13-4-2)15-10-16-8-11-17-12-9-16/h8-9,11-12H,3-7,10,13-15H2,1-2H3. The lowest BCUT2D eigenvalue weighted by molar-refractivity contribution is 0.270. The van der Waals surface area contributed by atoms with E-state index in [2.05, 4.69) is 35.9 Å². The number of hydrogen-bond acceptors (Lipinski definition) is 2. The number of pyridine rings is 1. The van der Waals surface area contributed by atoms with Crippen LogP contribution >= 0.6 is 0 Å². The molecule has 1 aromatic heterocycles. The van der Waals surface area contributed by atoms with Crippen LogP contribution in [0, 0.1) is 0 Å². The van der Waals surface area contributed by atoms with Crippen molar-refractivity contribution in [1.82, 2.24) is 9.88 Å². The van der Waals surface area contributed by atoms with Crippen molar-refractivity contribution in [3.63, 3.8) is 0 Å². The highest BCUT2D eigenvalue weighted by Crippen LogP contribution is 2.05. The summed E-state index contributed by atoms with van der Waals surface area (Å²) in [6.07, 6.45) is 11.6. The molecule has 0 aliphatic heterocycles. The summed E-state index contributed by atoms with van der Waals surface area (Å²) in [6, 6.07) is 4.25. The van der Waals surface area contributed by atoms with E-state index in [1.807, 2.05) is 12.4 Å². The molecule has 1 rings (SSSR count). The average molecular weight is 248 g/mol. The van der Waals surface area contributed by atoms with Gasteiger partial charge in [-0.1, -0.05) is 33.1 Å². The summed E-state index contributed by atoms with van der Waals surface area (Å²) in [5.41, 5.74) is 1.40. The monoisotopic (exact) mass is 248 g/mol. The fraction of sp³-hybridized carbons (Fsp3) is 0.688. The first-order valence-corrected chi connectivity index (χ1v) is 7.48. The van der Waals surface area contributed by atoms with Crippen LogP contribution in [0.25, 0.3) is 0 Å². The third-order valence-corrected chi connectivity index (χ3v) is 3.33. The fourth-order valence-electron chi connectivity index (χ4n) is 2.25. The lowest BCUT2D eigenvalue weighted by Crippen LogP contribution is -2.28. The van der Waals surface area contributed by atoms with Gasteiger partial charge in [0.1, 0.15) is 0 Å². The van der Waals surface area contributed by atoms with Crippen LogP contribution in [0.5, 0.6) is 0 Å². The minimum absolute atomic E-state index is 1.15. The van der Waals surface area contributed by atoms with Crippen molar-refractivity contribution in [2.24, 2.45) is 0 Å². The van der Waals surface area contributed by atoms with E-state index < -0.39 is 0 Å². The Kier molecular flexibility index (Phi) is 8.49. The van der Waals surface area contributed by atoms with Gasteiger partial charge in [0.05, 0.1) is 0 Å². The molecule has 0 aromatic carbocycles. The molecule has 0 spiro atoms. The normalized spacial score (nSPS) is 11.1. The maximum absolute atomic E-state index is 4.07. The molecule has 0 saturated heterocycles. The highest BCUT2D eigenvalue weighted by molar-refractivity contribution is 5.09. The summed E-state index contributed by atoms with van der Waals surface area (Å²) in [5, 5.41) is 0. The minimum Gasteiger partial charge on any atom is -0.303 e.